The fourth-order valence-electron chi connectivity index (χ4n) is 1.35. The van der Waals surface area contributed by atoms with Crippen molar-refractivity contribution in [3.8, 4) is 0 Å². The summed E-state index contributed by atoms with van der Waals surface area (Å²) in [5, 5.41) is 9.22. The summed E-state index contributed by atoms with van der Waals surface area (Å²) in [5.74, 6) is 0. The number of rotatable bonds is 6. The molecule has 0 aromatic rings. The summed E-state index contributed by atoms with van der Waals surface area (Å²) in [7, 11) is -3.15. The molecule has 0 atom stereocenters. The third-order valence-corrected chi connectivity index (χ3v) is 11.8. The summed E-state index contributed by atoms with van der Waals surface area (Å²) in [6, 6.07) is 0. The predicted octanol–water partition coefficient (Wildman–Crippen LogP) is 2.39. The predicted molar refractivity (Wildman–Crippen MR) is 65.7 cm³/mol. The van der Waals surface area contributed by atoms with Gasteiger partial charge in [-0.25, -0.2) is 0 Å². The van der Waals surface area contributed by atoms with Gasteiger partial charge in [0.05, 0.1) is 8.07 Å². The summed E-state index contributed by atoms with van der Waals surface area (Å²) in [6.07, 6.45) is 0.331. The summed E-state index contributed by atoms with van der Waals surface area (Å²) < 4.78 is 0. The minimum absolute atomic E-state index is 0.331. The van der Waals surface area contributed by atoms with Crippen LogP contribution >= 0.6 is 0 Å². The van der Waals surface area contributed by atoms with Gasteiger partial charge >= 0.3 is 0 Å². The second-order valence-corrected chi connectivity index (χ2v) is 13.7. The quantitative estimate of drug-likeness (QED) is 0.670. The van der Waals surface area contributed by atoms with Crippen molar-refractivity contribution in [3.05, 3.63) is 36.8 Å². The first-order valence-corrected chi connectivity index (χ1v) is 10.3. The smallest absolute Gasteiger partial charge is 0.122 e. The second-order valence-electron chi connectivity index (χ2n) is 4.22. The van der Waals surface area contributed by atoms with Crippen LogP contribution < -0.4 is 0 Å². The van der Waals surface area contributed by atoms with Crippen LogP contribution in [0, 0.1) is 0 Å². The minimum atomic E-state index is -1.68. The van der Waals surface area contributed by atoms with Gasteiger partial charge in [0.25, 0.3) is 0 Å². The van der Waals surface area contributed by atoms with Crippen molar-refractivity contribution in [3.63, 3.8) is 0 Å². The van der Waals surface area contributed by atoms with Gasteiger partial charge < -0.3 is 5.11 Å². The Morgan fingerprint density at radius 2 is 1.46 bits per heavy atom. The van der Waals surface area contributed by atoms with Crippen molar-refractivity contribution in [2.24, 2.45) is 0 Å². The third kappa shape index (κ3) is 3.46. The molecule has 74 valence electrons. The van der Waals surface area contributed by atoms with Gasteiger partial charge in [-0.3, -0.25) is 0 Å². The molecule has 0 aliphatic rings. The lowest BCUT2D eigenvalue weighted by Gasteiger charge is -2.29. The molecule has 0 radical (unpaired) electrons. The Hall–Kier alpha value is -0.386. The average molecular weight is 212 g/mol. The van der Waals surface area contributed by atoms with Crippen molar-refractivity contribution in [1.82, 2.24) is 0 Å². The molecule has 0 amide bonds. The Morgan fingerprint density at radius 3 is 1.69 bits per heavy atom. The second kappa shape index (κ2) is 4.74. The van der Waals surface area contributed by atoms with Crippen molar-refractivity contribution < 1.29 is 5.11 Å². The monoisotopic (exact) mass is 212 g/mol. The largest absolute Gasteiger partial charge is 0.400 e. The minimum Gasteiger partial charge on any atom is -0.400 e. The molecule has 0 aromatic carbocycles. The molecule has 0 spiro atoms. The zero-order valence-corrected chi connectivity index (χ0v) is 10.7. The molecule has 1 N–H and O–H groups in total. The highest BCUT2D eigenvalue weighted by Crippen LogP contribution is 2.21. The fourth-order valence-corrected chi connectivity index (χ4v) is 10.7. The van der Waals surface area contributed by atoms with Gasteiger partial charge in [-0.15, -0.1) is 19.7 Å². The molecule has 0 aliphatic carbocycles. The van der Waals surface area contributed by atoms with E-state index >= 15 is 0 Å². The molecule has 13 heavy (non-hydrogen) atoms. The van der Waals surface area contributed by atoms with Crippen LogP contribution in [-0.2, 0) is 0 Å². The Labute approximate surface area is 83.5 Å². The van der Waals surface area contributed by atoms with Crippen molar-refractivity contribution in [2.75, 3.05) is 6.23 Å². The topological polar surface area (TPSA) is 20.2 Å². The van der Waals surface area contributed by atoms with Crippen LogP contribution in [0.25, 0.3) is 0 Å². The Kier molecular flexibility index (Phi) is 4.60. The van der Waals surface area contributed by atoms with E-state index in [4.69, 9.17) is 0 Å². The molecule has 0 aliphatic heterocycles. The summed E-state index contributed by atoms with van der Waals surface area (Å²) in [5.41, 5.74) is 7.05. The maximum atomic E-state index is 9.22. The lowest BCUT2D eigenvalue weighted by molar-refractivity contribution is 0.358. The van der Waals surface area contributed by atoms with Gasteiger partial charge in [-0.1, -0.05) is 30.2 Å². The maximum Gasteiger partial charge on any atom is 0.122 e. The standard InChI is InChI=1S/C10H20OSi2/c1-6-13(7-2,8-3)10-12(4,5)9-11/h6-8,11H,1-3,9-10H2,4-5H3. The SMILES string of the molecule is C=C[Si](C=C)(C=C)C[Si](C)(C)CO. The first-order valence-electron chi connectivity index (χ1n) is 4.47. The molecule has 3 heteroatoms. The van der Waals surface area contributed by atoms with Gasteiger partial charge in [0.1, 0.15) is 8.07 Å². The van der Waals surface area contributed by atoms with E-state index in [1.165, 1.54) is 0 Å². The summed E-state index contributed by atoms with van der Waals surface area (Å²) in [4.78, 5) is 0. The normalized spacial score (nSPS) is 12.2. The van der Waals surface area contributed by atoms with Gasteiger partial charge in [-0.2, -0.15) is 0 Å². The van der Waals surface area contributed by atoms with Crippen LogP contribution in [0.15, 0.2) is 36.8 Å². The highest BCUT2D eigenvalue weighted by atomic mass is 28.4. The van der Waals surface area contributed by atoms with Crippen molar-refractivity contribution in [1.29, 1.82) is 0 Å². The number of hydrogen-bond donors (Lipinski definition) is 1. The summed E-state index contributed by atoms with van der Waals surface area (Å²) >= 11 is 0. The van der Waals surface area contributed by atoms with Crippen LogP contribution in [0.1, 0.15) is 0 Å². The van der Waals surface area contributed by atoms with E-state index in [0.717, 1.165) is 5.67 Å². The van der Waals surface area contributed by atoms with Crippen LogP contribution in [-0.4, -0.2) is 27.5 Å². The van der Waals surface area contributed by atoms with E-state index in [2.05, 4.69) is 32.8 Å². The molecule has 0 unspecified atom stereocenters. The molecule has 1 nitrogen and oxygen atoms in total. The Bertz CT molecular complexity index is 187. The Morgan fingerprint density at radius 1 is 1.08 bits per heavy atom. The van der Waals surface area contributed by atoms with Crippen LogP contribution in [0.5, 0.6) is 0 Å². The molecule has 0 saturated heterocycles. The van der Waals surface area contributed by atoms with Crippen LogP contribution in [0.3, 0.4) is 0 Å². The molecule has 0 saturated carbocycles. The van der Waals surface area contributed by atoms with Crippen LogP contribution in [0.4, 0.5) is 0 Å². The first-order chi connectivity index (χ1) is 5.95. The molecule has 0 bridgehead atoms. The molecule has 0 fully saturated rings. The molecule has 0 rings (SSSR count). The fraction of sp³-hybridized carbons (Fsp3) is 0.400. The van der Waals surface area contributed by atoms with Crippen LogP contribution in [0.2, 0.25) is 18.8 Å². The van der Waals surface area contributed by atoms with E-state index < -0.39 is 16.1 Å². The van der Waals surface area contributed by atoms with Crippen molar-refractivity contribution in [2.45, 2.75) is 18.8 Å². The zero-order chi connectivity index (χ0) is 10.5. The molecular formula is C10H20OSi2. The zero-order valence-electron chi connectivity index (χ0n) is 8.71. The van der Waals surface area contributed by atoms with Gasteiger partial charge in [0.2, 0.25) is 0 Å². The highest BCUT2D eigenvalue weighted by Gasteiger charge is 2.32. The summed E-state index contributed by atoms with van der Waals surface area (Å²) in [6.45, 7) is 15.9. The van der Waals surface area contributed by atoms with E-state index in [-0.39, 0.29) is 0 Å². The van der Waals surface area contributed by atoms with Gasteiger partial charge in [0, 0.05) is 6.23 Å². The first kappa shape index (κ1) is 12.6. The average Bonchev–Trinajstić information content (AvgIpc) is 2.14. The molecular weight excluding hydrogens is 192 g/mol. The van der Waals surface area contributed by atoms with E-state index in [1.807, 2.05) is 17.1 Å². The number of hydrogen-bond acceptors (Lipinski definition) is 1. The number of aliphatic hydroxyl groups excluding tert-OH is 1. The van der Waals surface area contributed by atoms with E-state index in [0.29, 0.717) is 6.23 Å². The lowest BCUT2D eigenvalue weighted by Crippen LogP contribution is -2.43. The van der Waals surface area contributed by atoms with E-state index in [1.54, 1.807) is 0 Å². The third-order valence-electron chi connectivity index (χ3n) is 2.35. The lowest BCUT2D eigenvalue weighted by atomic mass is 11.2. The molecule has 0 heterocycles. The molecule has 0 aromatic heterocycles. The Balaban J connectivity index is 4.69. The highest BCUT2D eigenvalue weighted by molar-refractivity contribution is 7.03. The maximum absolute atomic E-state index is 9.22. The van der Waals surface area contributed by atoms with Gasteiger partial charge in [-0.05, 0) is 5.67 Å². The van der Waals surface area contributed by atoms with Crippen molar-refractivity contribution >= 4 is 16.1 Å². The number of aliphatic hydroxyl groups is 1. The van der Waals surface area contributed by atoms with E-state index in [9.17, 15) is 5.11 Å². The van der Waals surface area contributed by atoms with Gasteiger partial charge in [0.15, 0.2) is 0 Å².